The Balaban J connectivity index is 1.66. The number of nitrogens with zero attached hydrogens (tertiary/aromatic N) is 1. The zero-order chi connectivity index (χ0) is 16.6. The van der Waals surface area contributed by atoms with Gasteiger partial charge in [-0.05, 0) is 45.6 Å². The molecular formula is C19H26N2O2. The maximum absolute atomic E-state index is 12.8. The summed E-state index contributed by atoms with van der Waals surface area (Å²) >= 11 is 0. The van der Waals surface area contributed by atoms with E-state index in [1.807, 2.05) is 11.8 Å². The van der Waals surface area contributed by atoms with Gasteiger partial charge in [-0.15, -0.1) is 0 Å². The van der Waals surface area contributed by atoms with E-state index in [2.05, 4.69) is 37.4 Å². The van der Waals surface area contributed by atoms with Gasteiger partial charge >= 0.3 is 0 Å². The standard InChI is InChI=1S/C19H26N2O2/c1-13-9-14(2)11-16(10-13)19(6-7-19)18(23)20-15(3)12-21-8-4-5-17(21)22/h9-11,15H,4-8,12H2,1-3H3,(H,20,23)/t15-/m1/s1. The highest BCUT2D eigenvalue weighted by Crippen LogP contribution is 2.48. The zero-order valence-corrected chi connectivity index (χ0v) is 14.3. The van der Waals surface area contributed by atoms with Gasteiger partial charge in [0, 0.05) is 25.6 Å². The van der Waals surface area contributed by atoms with Crippen molar-refractivity contribution in [1.82, 2.24) is 10.2 Å². The second-order valence-corrected chi connectivity index (χ2v) is 7.28. The van der Waals surface area contributed by atoms with Gasteiger partial charge < -0.3 is 10.2 Å². The zero-order valence-electron chi connectivity index (χ0n) is 14.3. The molecule has 124 valence electrons. The van der Waals surface area contributed by atoms with Gasteiger partial charge in [0.25, 0.3) is 0 Å². The van der Waals surface area contributed by atoms with Crippen LogP contribution in [0, 0.1) is 13.8 Å². The van der Waals surface area contributed by atoms with Crippen LogP contribution in [0.5, 0.6) is 0 Å². The SMILES string of the molecule is Cc1cc(C)cc(C2(C(=O)N[C@H](C)CN3CCCC3=O)CC2)c1. The third kappa shape index (κ3) is 3.26. The molecule has 2 aliphatic rings. The monoisotopic (exact) mass is 314 g/mol. The van der Waals surface area contributed by atoms with E-state index >= 15 is 0 Å². The third-order valence-electron chi connectivity index (χ3n) is 5.00. The van der Waals surface area contributed by atoms with Crippen molar-refractivity contribution in [3.05, 3.63) is 34.9 Å². The molecule has 3 rings (SSSR count). The molecule has 1 saturated heterocycles. The van der Waals surface area contributed by atoms with E-state index in [4.69, 9.17) is 0 Å². The number of likely N-dealkylation sites (tertiary alicyclic amines) is 1. The summed E-state index contributed by atoms with van der Waals surface area (Å²) in [6.07, 6.45) is 3.41. The molecule has 23 heavy (non-hydrogen) atoms. The fourth-order valence-corrected chi connectivity index (χ4v) is 3.66. The Labute approximate surface area is 138 Å². The van der Waals surface area contributed by atoms with E-state index in [1.54, 1.807) is 0 Å². The van der Waals surface area contributed by atoms with Crippen molar-refractivity contribution in [3.8, 4) is 0 Å². The summed E-state index contributed by atoms with van der Waals surface area (Å²) < 4.78 is 0. The highest BCUT2D eigenvalue weighted by molar-refractivity contribution is 5.91. The van der Waals surface area contributed by atoms with E-state index in [9.17, 15) is 9.59 Å². The fraction of sp³-hybridized carbons (Fsp3) is 0.579. The van der Waals surface area contributed by atoms with Crippen LogP contribution in [0.4, 0.5) is 0 Å². The van der Waals surface area contributed by atoms with Crippen LogP contribution in [0.3, 0.4) is 0 Å². The first-order valence-electron chi connectivity index (χ1n) is 8.58. The molecule has 0 radical (unpaired) electrons. The molecule has 1 aliphatic carbocycles. The van der Waals surface area contributed by atoms with Crippen LogP contribution in [0.25, 0.3) is 0 Å². The Morgan fingerprint density at radius 1 is 1.26 bits per heavy atom. The average Bonchev–Trinajstić information content (AvgIpc) is 3.18. The maximum atomic E-state index is 12.8. The molecule has 2 amide bonds. The number of hydrogen-bond donors (Lipinski definition) is 1. The van der Waals surface area contributed by atoms with Gasteiger partial charge in [0.2, 0.25) is 11.8 Å². The van der Waals surface area contributed by atoms with Crippen molar-refractivity contribution in [2.24, 2.45) is 0 Å². The molecule has 1 N–H and O–H groups in total. The van der Waals surface area contributed by atoms with Crippen molar-refractivity contribution < 1.29 is 9.59 Å². The Kier molecular flexibility index (Phi) is 4.17. The van der Waals surface area contributed by atoms with Gasteiger partial charge in [-0.25, -0.2) is 0 Å². The van der Waals surface area contributed by atoms with Crippen LogP contribution >= 0.6 is 0 Å². The number of amides is 2. The highest BCUT2D eigenvalue weighted by atomic mass is 16.2. The lowest BCUT2D eigenvalue weighted by atomic mass is 9.91. The number of benzene rings is 1. The summed E-state index contributed by atoms with van der Waals surface area (Å²) in [6, 6.07) is 6.40. The number of hydrogen-bond acceptors (Lipinski definition) is 2. The third-order valence-corrected chi connectivity index (χ3v) is 5.00. The van der Waals surface area contributed by atoms with E-state index < -0.39 is 0 Å². The minimum absolute atomic E-state index is 0.00655. The number of carbonyl (C=O) groups is 2. The minimum Gasteiger partial charge on any atom is -0.351 e. The quantitative estimate of drug-likeness (QED) is 0.907. The highest BCUT2D eigenvalue weighted by Gasteiger charge is 2.51. The molecular weight excluding hydrogens is 288 g/mol. The van der Waals surface area contributed by atoms with Crippen LogP contribution in [0.15, 0.2) is 18.2 Å². The lowest BCUT2D eigenvalue weighted by Crippen LogP contribution is -2.46. The first-order valence-corrected chi connectivity index (χ1v) is 8.58. The summed E-state index contributed by atoms with van der Waals surface area (Å²) in [5, 5.41) is 3.13. The van der Waals surface area contributed by atoms with Crippen LogP contribution in [-0.2, 0) is 15.0 Å². The van der Waals surface area contributed by atoms with Crippen molar-refractivity contribution in [2.75, 3.05) is 13.1 Å². The molecule has 1 aromatic carbocycles. The van der Waals surface area contributed by atoms with Gasteiger partial charge in [0.15, 0.2) is 0 Å². The van der Waals surface area contributed by atoms with E-state index in [1.165, 1.54) is 11.1 Å². The second kappa shape index (κ2) is 5.99. The number of carbonyl (C=O) groups excluding carboxylic acids is 2. The summed E-state index contributed by atoms with van der Waals surface area (Å²) in [6.45, 7) is 7.58. The van der Waals surface area contributed by atoms with Crippen molar-refractivity contribution in [2.45, 2.75) is 57.9 Å². The van der Waals surface area contributed by atoms with Crippen LogP contribution in [-0.4, -0.2) is 35.8 Å². The van der Waals surface area contributed by atoms with Gasteiger partial charge in [-0.1, -0.05) is 29.3 Å². The Morgan fingerprint density at radius 2 is 1.91 bits per heavy atom. The Morgan fingerprint density at radius 3 is 2.43 bits per heavy atom. The molecule has 0 spiro atoms. The number of nitrogens with one attached hydrogen (secondary N) is 1. The smallest absolute Gasteiger partial charge is 0.230 e. The largest absolute Gasteiger partial charge is 0.351 e. The first kappa shape index (κ1) is 16.0. The second-order valence-electron chi connectivity index (χ2n) is 7.28. The minimum atomic E-state index is -0.347. The van der Waals surface area contributed by atoms with E-state index in [0.717, 1.165) is 31.4 Å². The summed E-state index contributed by atoms with van der Waals surface area (Å²) in [7, 11) is 0. The maximum Gasteiger partial charge on any atom is 0.230 e. The van der Waals surface area contributed by atoms with Crippen molar-refractivity contribution >= 4 is 11.8 Å². The van der Waals surface area contributed by atoms with Gasteiger partial charge in [-0.3, -0.25) is 9.59 Å². The normalized spacial score (nSPS) is 20.5. The molecule has 1 atom stereocenters. The van der Waals surface area contributed by atoms with Gasteiger partial charge in [0.05, 0.1) is 5.41 Å². The molecule has 0 unspecified atom stereocenters. The van der Waals surface area contributed by atoms with Gasteiger partial charge in [-0.2, -0.15) is 0 Å². The predicted molar refractivity (Wildman–Crippen MR) is 90.2 cm³/mol. The average molecular weight is 314 g/mol. The number of aryl methyl sites for hydroxylation is 2. The molecule has 4 nitrogen and oxygen atoms in total. The van der Waals surface area contributed by atoms with Crippen molar-refractivity contribution in [1.29, 1.82) is 0 Å². The molecule has 1 aliphatic heterocycles. The molecule has 1 saturated carbocycles. The molecule has 0 aromatic heterocycles. The lowest BCUT2D eigenvalue weighted by molar-refractivity contribution is -0.129. The Bertz CT molecular complexity index is 614. The van der Waals surface area contributed by atoms with Crippen LogP contribution < -0.4 is 5.32 Å². The van der Waals surface area contributed by atoms with E-state index in [0.29, 0.717) is 13.0 Å². The molecule has 2 fully saturated rings. The Hall–Kier alpha value is -1.84. The summed E-state index contributed by atoms with van der Waals surface area (Å²) in [5.41, 5.74) is 3.20. The molecule has 4 heteroatoms. The molecule has 0 bridgehead atoms. The van der Waals surface area contributed by atoms with Crippen molar-refractivity contribution in [3.63, 3.8) is 0 Å². The summed E-state index contributed by atoms with van der Waals surface area (Å²) in [4.78, 5) is 26.4. The molecule has 1 heterocycles. The summed E-state index contributed by atoms with van der Waals surface area (Å²) in [5.74, 6) is 0.322. The van der Waals surface area contributed by atoms with Gasteiger partial charge in [0.1, 0.15) is 0 Å². The topological polar surface area (TPSA) is 49.4 Å². The van der Waals surface area contributed by atoms with Crippen LogP contribution in [0.2, 0.25) is 0 Å². The predicted octanol–water partition coefficient (Wildman–Crippen LogP) is 2.46. The lowest BCUT2D eigenvalue weighted by Gasteiger charge is -2.24. The van der Waals surface area contributed by atoms with E-state index in [-0.39, 0.29) is 23.3 Å². The first-order chi connectivity index (χ1) is 10.9. The molecule has 1 aromatic rings. The van der Waals surface area contributed by atoms with Crippen LogP contribution in [0.1, 0.15) is 49.3 Å². The number of rotatable bonds is 5. The fourth-order valence-electron chi connectivity index (χ4n) is 3.66.